The van der Waals surface area contributed by atoms with Crippen molar-refractivity contribution < 1.29 is 9.18 Å². The third kappa shape index (κ3) is 4.11. The first-order valence-electron chi connectivity index (χ1n) is 9.69. The fraction of sp³-hybridized carbons (Fsp3) is 0.333. The maximum Gasteiger partial charge on any atom is 0.227 e. The molecule has 1 aliphatic rings. The first-order valence-corrected chi connectivity index (χ1v) is 9.69. The molecule has 1 amide bonds. The zero-order valence-corrected chi connectivity index (χ0v) is 16.5. The number of anilines is 2. The van der Waals surface area contributed by atoms with E-state index in [2.05, 4.69) is 25.5 Å². The average Bonchev–Trinajstić information content (AvgIpc) is 3.08. The molecule has 2 aromatic heterocycles. The molecule has 0 aliphatic carbocycles. The second kappa shape index (κ2) is 7.98. The summed E-state index contributed by atoms with van der Waals surface area (Å²) in [4.78, 5) is 14.6. The van der Waals surface area contributed by atoms with Gasteiger partial charge in [0, 0.05) is 24.7 Å². The molecule has 3 aromatic rings. The van der Waals surface area contributed by atoms with E-state index in [-0.39, 0.29) is 17.5 Å². The van der Waals surface area contributed by atoms with Crippen LogP contribution < -0.4 is 10.2 Å². The Labute approximate surface area is 168 Å². The molecule has 0 atom stereocenters. The average molecular weight is 394 g/mol. The Bertz CT molecular complexity index is 1010. The molecule has 0 bridgehead atoms. The monoisotopic (exact) mass is 394 g/mol. The van der Waals surface area contributed by atoms with E-state index in [1.165, 1.54) is 6.07 Å². The van der Waals surface area contributed by atoms with Crippen molar-refractivity contribution in [3.05, 3.63) is 59.7 Å². The normalized spacial score (nSPS) is 14.8. The van der Waals surface area contributed by atoms with Gasteiger partial charge in [-0.15, -0.1) is 10.2 Å². The van der Waals surface area contributed by atoms with Gasteiger partial charge in [-0.25, -0.2) is 9.07 Å². The second-order valence-corrected chi connectivity index (χ2v) is 7.32. The number of carbonyl (C=O) groups is 1. The first kappa shape index (κ1) is 19.0. The van der Waals surface area contributed by atoms with Crippen molar-refractivity contribution in [1.29, 1.82) is 0 Å². The van der Waals surface area contributed by atoms with Gasteiger partial charge in [-0.05, 0) is 57.0 Å². The number of nitrogens with one attached hydrogen (secondary N) is 1. The van der Waals surface area contributed by atoms with Crippen LogP contribution in [0.4, 0.5) is 15.9 Å². The van der Waals surface area contributed by atoms with Crippen molar-refractivity contribution >= 4 is 17.4 Å². The van der Waals surface area contributed by atoms with Crippen molar-refractivity contribution in [2.24, 2.45) is 5.92 Å². The molecule has 0 radical (unpaired) electrons. The van der Waals surface area contributed by atoms with E-state index in [4.69, 9.17) is 0 Å². The summed E-state index contributed by atoms with van der Waals surface area (Å²) in [6, 6.07) is 12.0. The summed E-state index contributed by atoms with van der Waals surface area (Å²) in [5.41, 5.74) is 2.17. The Kier molecular flexibility index (Phi) is 5.24. The van der Waals surface area contributed by atoms with Crippen LogP contribution >= 0.6 is 0 Å². The zero-order chi connectivity index (χ0) is 20.4. The predicted molar refractivity (Wildman–Crippen MR) is 109 cm³/mol. The number of amides is 1. The summed E-state index contributed by atoms with van der Waals surface area (Å²) < 4.78 is 15.5. The molecular weight excluding hydrogens is 371 g/mol. The van der Waals surface area contributed by atoms with Crippen molar-refractivity contribution in [3.8, 4) is 5.82 Å². The fourth-order valence-corrected chi connectivity index (χ4v) is 3.63. The molecule has 29 heavy (non-hydrogen) atoms. The first-order chi connectivity index (χ1) is 14.0. The molecule has 1 aromatic carbocycles. The molecule has 150 valence electrons. The van der Waals surface area contributed by atoms with Crippen LogP contribution in [-0.4, -0.2) is 39.0 Å². The number of hydrogen-bond donors (Lipinski definition) is 1. The van der Waals surface area contributed by atoms with Crippen LogP contribution in [0.2, 0.25) is 0 Å². The minimum atomic E-state index is -0.420. The number of aryl methyl sites for hydroxylation is 2. The maximum absolute atomic E-state index is 13.7. The number of hydrogen-bond acceptors (Lipinski definition) is 5. The van der Waals surface area contributed by atoms with Crippen molar-refractivity contribution in [1.82, 2.24) is 20.0 Å². The summed E-state index contributed by atoms with van der Waals surface area (Å²) in [6.45, 7) is 5.32. The molecule has 3 heterocycles. The number of rotatable bonds is 4. The molecule has 0 saturated carbocycles. The third-order valence-electron chi connectivity index (χ3n) is 5.18. The number of para-hydroxylation sites is 1. The predicted octanol–water partition coefficient (Wildman–Crippen LogP) is 3.27. The highest BCUT2D eigenvalue weighted by Gasteiger charge is 2.26. The maximum atomic E-state index is 13.7. The lowest BCUT2D eigenvalue weighted by molar-refractivity contribution is -0.120. The van der Waals surface area contributed by atoms with Gasteiger partial charge >= 0.3 is 0 Å². The topological polar surface area (TPSA) is 75.9 Å². The van der Waals surface area contributed by atoms with Crippen LogP contribution in [0.5, 0.6) is 0 Å². The summed E-state index contributed by atoms with van der Waals surface area (Å²) in [5.74, 6) is 0.756. The number of halogens is 1. The van der Waals surface area contributed by atoms with Crippen LogP contribution in [0.3, 0.4) is 0 Å². The van der Waals surface area contributed by atoms with Crippen molar-refractivity contribution in [3.63, 3.8) is 0 Å². The van der Waals surface area contributed by atoms with Gasteiger partial charge in [0.25, 0.3) is 0 Å². The van der Waals surface area contributed by atoms with E-state index in [9.17, 15) is 9.18 Å². The largest absolute Gasteiger partial charge is 0.355 e. The third-order valence-corrected chi connectivity index (χ3v) is 5.18. The second-order valence-electron chi connectivity index (χ2n) is 7.32. The lowest BCUT2D eigenvalue weighted by Crippen LogP contribution is -2.38. The number of aromatic nitrogens is 4. The highest BCUT2D eigenvalue weighted by Crippen LogP contribution is 2.24. The molecule has 4 rings (SSSR count). The van der Waals surface area contributed by atoms with E-state index in [1.807, 2.05) is 32.0 Å². The summed E-state index contributed by atoms with van der Waals surface area (Å²) >= 11 is 0. The molecule has 7 nitrogen and oxygen atoms in total. The van der Waals surface area contributed by atoms with E-state index in [1.54, 1.807) is 22.9 Å². The number of carbonyl (C=O) groups excluding carboxylic acids is 1. The fourth-order valence-electron chi connectivity index (χ4n) is 3.63. The minimum absolute atomic E-state index is 0.138. The Hall–Kier alpha value is -3.29. The Morgan fingerprint density at radius 1 is 1.07 bits per heavy atom. The summed E-state index contributed by atoms with van der Waals surface area (Å²) in [7, 11) is 0. The minimum Gasteiger partial charge on any atom is -0.355 e. The Morgan fingerprint density at radius 3 is 2.38 bits per heavy atom. The molecule has 0 unspecified atom stereocenters. The molecule has 1 fully saturated rings. The highest BCUT2D eigenvalue weighted by atomic mass is 19.1. The lowest BCUT2D eigenvalue weighted by Gasteiger charge is -2.31. The van der Waals surface area contributed by atoms with Crippen LogP contribution in [0, 0.1) is 25.6 Å². The number of benzene rings is 1. The van der Waals surface area contributed by atoms with Gasteiger partial charge < -0.3 is 10.2 Å². The van der Waals surface area contributed by atoms with Crippen LogP contribution in [0.1, 0.15) is 24.2 Å². The van der Waals surface area contributed by atoms with E-state index in [0.717, 1.165) is 17.2 Å². The van der Waals surface area contributed by atoms with Gasteiger partial charge in [0.15, 0.2) is 11.6 Å². The molecule has 1 saturated heterocycles. The number of nitrogens with zero attached hydrogens (tertiary/aromatic N) is 5. The molecule has 1 N–H and O–H groups in total. The van der Waals surface area contributed by atoms with Gasteiger partial charge in [0.05, 0.1) is 11.4 Å². The van der Waals surface area contributed by atoms with Crippen molar-refractivity contribution in [2.45, 2.75) is 26.7 Å². The van der Waals surface area contributed by atoms with E-state index >= 15 is 0 Å². The molecule has 0 spiro atoms. The lowest BCUT2D eigenvalue weighted by atomic mass is 9.96. The van der Waals surface area contributed by atoms with E-state index < -0.39 is 5.82 Å². The standard InChI is InChI=1S/C21H23FN6O/c1-14-13-15(2)28(26-14)20-8-7-19(24-25-20)27-11-9-16(10-12-27)21(29)23-18-6-4-3-5-17(18)22/h3-8,13,16H,9-12H2,1-2H3,(H,23,29). The SMILES string of the molecule is Cc1cc(C)n(-c2ccc(N3CCC(C(=O)Nc4ccccc4F)CC3)nn2)n1. The van der Waals surface area contributed by atoms with Gasteiger partial charge in [-0.2, -0.15) is 5.10 Å². The van der Waals surface area contributed by atoms with Gasteiger partial charge in [0.2, 0.25) is 5.91 Å². The van der Waals surface area contributed by atoms with Crippen molar-refractivity contribution in [2.75, 3.05) is 23.3 Å². The highest BCUT2D eigenvalue weighted by molar-refractivity contribution is 5.92. The van der Waals surface area contributed by atoms with Gasteiger partial charge in [-0.3, -0.25) is 4.79 Å². The van der Waals surface area contributed by atoms with Crippen LogP contribution in [-0.2, 0) is 4.79 Å². The molecular formula is C21H23FN6O. The van der Waals surface area contributed by atoms with Gasteiger partial charge in [0.1, 0.15) is 5.82 Å². The zero-order valence-electron chi connectivity index (χ0n) is 16.5. The van der Waals surface area contributed by atoms with Crippen LogP contribution in [0.15, 0.2) is 42.5 Å². The smallest absolute Gasteiger partial charge is 0.227 e. The van der Waals surface area contributed by atoms with Gasteiger partial charge in [-0.1, -0.05) is 12.1 Å². The molecule has 1 aliphatic heterocycles. The van der Waals surface area contributed by atoms with E-state index in [0.29, 0.717) is 31.7 Å². The van der Waals surface area contributed by atoms with Crippen LogP contribution in [0.25, 0.3) is 5.82 Å². The summed E-state index contributed by atoms with van der Waals surface area (Å²) in [6.07, 6.45) is 1.36. The quantitative estimate of drug-likeness (QED) is 0.735. The Morgan fingerprint density at radius 2 is 1.76 bits per heavy atom. The molecule has 8 heteroatoms. The summed E-state index contributed by atoms with van der Waals surface area (Å²) in [5, 5.41) is 15.8. The Balaban J connectivity index is 1.36. The number of piperidine rings is 1.